The van der Waals surface area contributed by atoms with Crippen LogP contribution in [0.4, 0.5) is 33.5 Å². The molecule has 1 aromatic carbocycles. The van der Waals surface area contributed by atoms with Crippen molar-refractivity contribution in [3.05, 3.63) is 53.5 Å². The molecule has 3 aromatic rings. The Morgan fingerprint density at radius 1 is 1.17 bits per heavy atom. The first-order valence-corrected chi connectivity index (χ1v) is 16.6. The maximum atomic E-state index is 14.5. The number of alkyl halides is 5. The molecular formula is C30H34F5N7O3S. The first kappa shape index (κ1) is 33.4. The molecule has 2 aliphatic heterocycles. The number of aryl methyl sites for hydroxylation is 1. The summed E-state index contributed by atoms with van der Waals surface area (Å²) in [6, 6.07) is 5.33. The Bertz CT molecular complexity index is 1780. The Balaban J connectivity index is 1.59. The zero-order chi connectivity index (χ0) is 33.4. The molecule has 4 heterocycles. The molecule has 2 amide bonds. The summed E-state index contributed by atoms with van der Waals surface area (Å²) in [5.74, 6) is -4.77. The molecule has 46 heavy (non-hydrogen) atoms. The van der Waals surface area contributed by atoms with Crippen LogP contribution in [0.2, 0.25) is 0 Å². The van der Waals surface area contributed by atoms with Gasteiger partial charge in [0.15, 0.2) is 5.69 Å². The molecule has 2 N–H and O–H groups in total. The average molecular weight is 668 g/mol. The van der Waals surface area contributed by atoms with Crippen LogP contribution in [-0.4, -0.2) is 68.6 Å². The molecule has 2 atom stereocenters. The van der Waals surface area contributed by atoms with E-state index in [1.807, 2.05) is 0 Å². The van der Waals surface area contributed by atoms with Crippen LogP contribution in [0.5, 0.6) is 0 Å². The summed E-state index contributed by atoms with van der Waals surface area (Å²) in [6.07, 6.45) is -0.776. The summed E-state index contributed by atoms with van der Waals surface area (Å²) < 4.78 is 90.8. The smallest absolute Gasteiger partial charge is 0.356 e. The van der Waals surface area contributed by atoms with Gasteiger partial charge >= 0.3 is 6.18 Å². The molecule has 2 saturated heterocycles. The van der Waals surface area contributed by atoms with Gasteiger partial charge in [-0.15, -0.1) is 0 Å². The van der Waals surface area contributed by atoms with Crippen LogP contribution in [0.3, 0.4) is 0 Å². The molecule has 16 heteroatoms. The van der Waals surface area contributed by atoms with Crippen molar-refractivity contribution in [2.45, 2.75) is 62.1 Å². The van der Waals surface area contributed by atoms with Crippen molar-refractivity contribution in [1.29, 1.82) is 0 Å². The summed E-state index contributed by atoms with van der Waals surface area (Å²) in [6.45, 7) is 1.65. The van der Waals surface area contributed by atoms with Gasteiger partial charge in [0.2, 0.25) is 5.92 Å². The van der Waals surface area contributed by atoms with Gasteiger partial charge in [-0.05, 0) is 56.5 Å². The Kier molecular flexibility index (Phi) is 9.23. The minimum atomic E-state index is -4.94. The summed E-state index contributed by atoms with van der Waals surface area (Å²) in [4.78, 5) is 32.0. The molecule has 2 fully saturated rings. The maximum Gasteiger partial charge on any atom is 0.434 e. The molecule has 2 aliphatic rings. The van der Waals surface area contributed by atoms with E-state index < -0.39 is 58.2 Å². The number of aromatic nitrogens is 3. The number of carbonyl (C=O) groups is 2. The quantitative estimate of drug-likeness (QED) is 0.337. The Morgan fingerprint density at radius 2 is 1.93 bits per heavy atom. The van der Waals surface area contributed by atoms with Crippen molar-refractivity contribution >= 4 is 33.0 Å². The third-order valence-electron chi connectivity index (χ3n) is 8.09. The van der Waals surface area contributed by atoms with E-state index in [1.54, 1.807) is 0 Å². The minimum Gasteiger partial charge on any atom is -0.356 e. The number of halogens is 5. The molecule has 2 aromatic heterocycles. The lowest BCUT2D eigenvalue weighted by Crippen LogP contribution is -2.31. The number of pyridine rings is 1. The van der Waals surface area contributed by atoms with Crippen LogP contribution in [0.25, 0.3) is 11.1 Å². The summed E-state index contributed by atoms with van der Waals surface area (Å²) in [5, 5.41) is 9.64. The number of anilines is 2. The number of hydrogen-bond acceptors (Lipinski definition) is 7. The van der Waals surface area contributed by atoms with Gasteiger partial charge < -0.3 is 15.5 Å². The molecule has 0 saturated carbocycles. The Hall–Kier alpha value is -3.92. The first-order valence-electron chi connectivity index (χ1n) is 14.7. The number of nitrogens with one attached hydrogen (secondary N) is 2. The summed E-state index contributed by atoms with van der Waals surface area (Å²) >= 11 is 0. The highest BCUT2D eigenvalue weighted by Gasteiger charge is 2.41. The van der Waals surface area contributed by atoms with Crippen molar-refractivity contribution in [1.82, 2.24) is 20.1 Å². The third-order valence-corrected chi connectivity index (χ3v) is 9.74. The summed E-state index contributed by atoms with van der Waals surface area (Å²) in [7, 11) is -1.69. The van der Waals surface area contributed by atoms with E-state index in [0.29, 0.717) is 13.0 Å². The van der Waals surface area contributed by atoms with E-state index in [9.17, 15) is 35.8 Å². The summed E-state index contributed by atoms with van der Waals surface area (Å²) in [5.41, 5.74) is -1.73. The van der Waals surface area contributed by atoms with Gasteiger partial charge in [-0.1, -0.05) is 6.07 Å². The second kappa shape index (κ2) is 12.7. The Labute approximate surface area is 262 Å². The van der Waals surface area contributed by atoms with E-state index in [2.05, 4.69) is 25.1 Å². The van der Waals surface area contributed by atoms with Crippen molar-refractivity contribution in [3.63, 3.8) is 0 Å². The van der Waals surface area contributed by atoms with Crippen molar-refractivity contribution in [2.75, 3.05) is 36.1 Å². The highest BCUT2D eigenvalue weighted by Crippen LogP contribution is 2.42. The largest absolute Gasteiger partial charge is 0.434 e. The Morgan fingerprint density at radius 3 is 2.59 bits per heavy atom. The zero-order valence-electron chi connectivity index (χ0n) is 25.5. The second-order valence-electron chi connectivity index (χ2n) is 11.6. The predicted molar refractivity (Wildman–Crippen MR) is 162 cm³/mol. The molecule has 0 spiro atoms. The lowest BCUT2D eigenvalue weighted by molar-refractivity contribution is -0.140. The second-order valence-corrected chi connectivity index (χ2v) is 13.9. The van der Waals surface area contributed by atoms with Gasteiger partial charge in [0.05, 0.1) is 27.5 Å². The monoisotopic (exact) mass is 667 g/mol. The van der Waals surface area contributed by atoms with Crippen LogP contribution in [-0.2, 0) is 27.7 Å². The number of benzene rings is 1. The molecule has 10 nitrogen and oxygen atoms in total. The van der Waals surface area contributed by atoms with Crippen LogP contribution in [0.15, 0.2) is 45.9 Å². The fourth-order valence-electron chi connectivity index (χ4n) is 5.76. The van der Waals surface area contributed by atoms with Crippen LogP contribution < -0.4 is 15.5 Å². The average Bonchev–Trinajstić information content (AvgIpc) is 3.62. The number of amides is 2. The number of rotatable bonds is 6. The van der Waals surface area contributed by atoms with Crippen LogP contribution in [0, 0.1) is 6.92 Å². The van der Waals surface area contributed by atoms with Crippen molar-refractivity contribution < 1.29 is 35.8 Å². The first-order chi connectivity index (χ1) is 21.6. The highest BCUT2D eigenvalue weighted by molar-refractivity contribution is 7.93. The number of nitrogens with zero attached hydrogens (tertiary/aromatic N) is 5. The van der Waals surface area contributed by atoms with Gasteiger partial charge in [-0.3, -0.25) is 14.3 Å². The van der Waals surface area contributed by atoms with E-state index >= 15 is 0 Å². The lowest BCUT2D eigenvalue weighted by atomic mass is 9.95. The fourth-order valence-corrected chi connectivity index (χ4v) is 7.01. The number of hydrogen-bond donors (Lipinski definition) is 2. The van der Waals surface area contributed by atoms with Gasteiger partial charge in [-0.25, -0.2) is 18.0 Å². The van der Waals surface area contributed by atoms with Gasteiger partial charge in [0.1, 0.15) is 5.82 Å². The third kappa shape index (κ3) is 7.22. The predicted octanol–water partition coefficient (Wildman–Crippen LogP) is 5.42. The van der Waals surface area contributed by atoms with Crippen LogP contribution >= 0.6 is 0 Å². The maximum absolute atomic E-state index is 14.5. The van der Waals surface area contributed by atoms with Crippen molar-refractivity contribution in [2.24, 2.45) is 11.4 Å². The van der Waals surface area contributed by atoms with Gasteiger partial charge in [0, 0.05) is 67.1 Å². The topological polar surface area (TPSA) is 122 Å². The molecule has 0 bridgehead atoms. The van der Waals surface area contributed by atoms with Gasteiger partial charge in [-0.2, -0.15) is 22.6 Å². The molecular weight excluding hydrogens is 633 g/mol. The van der Waals surface area contributed by atoms with E-state index in [4.69, 9.17) is 0 Å². The molecule has 0 aliphatic carbocycles. The fraction of sp³-hybridized carbons (Fsp3) is 0.467. The molecule has 0 radical (unpaired) electrons. The SMILES string of the molecule is Cc1c(C(=O)Nc2cccc(S(C)(=O)=NC(=O)[C@@H]3CCCN3)c2)c(N2CCCC(F)(F)CC2)nc(C(F)(F)F)c1-c1cnn(C)c1. The van der Waals surface area contributed by atoms with Crippen LogP contribution in [0.1, 0.15) is 53.7 Å². The van der Waals surface area contributed by atoms with E-state index in [0.717, 1.165) is 6.42 Å². The van der Waals surface area contributed by atoms with E-state index in [-0.39, 0.29) is 58.2 Å². The molecule has 1 unspecified atom stereocenters. The normalized spacial score (nSPS) is 19.7. The van der Waals surface area contributed by atoms with E-state index in [1.165, 1.54) is 66.5 Å². The lowest BCUT2D eigenvalue weighted by Gasteiger charge is -2.27. The number of carbonyl (C=O) groups excluding carboxylic acids is 2. The molecule has 248 valence electrons. The van der Waals surface area contributed by atoms with Gasteiger partial charge in [0.25, 0.3) is 11.8 Å². The highest BCUT2D eigenvalue weighted by atomic mass is 32.2. The molecule has 5 rings (SSSR count). The minimum absolute atomic E-state index is 0.0218. The zero-order valence-corrected chi connectivity index (χ0v) is 26.3. The standard InChI is InChI=1S/C30H34F5N7O3S/c1-18-23(19-16-37-41(2)17-19)25(30(33,34)35)39-26(42-13-6-10-29(31,32)11-14-42)24(18)28(44)38-20-7-4-8-21(15-20)46(3,45)40-27(43)22-9-5-12-36-22/h4,7-8,15-17,22,36H,5-6,9-14H2,1-3H3,(H,38,44)/t22-,46?/m0/s1. The van der Waals surface area contributed by atoms with Crippen molar-refractivity contribution in [3.8, 4) is 11.1 Å².